The minimum absolute atomic E-state index is 0.0312. The van der Waals surface area contributed by atoms with E-state index in [2.05, 4.69) is 21.2 Å². The van der Waals surface area contributed by atoms with Crippen LogP contribution in [-0.4, -0.2) is 11.9 Å². The van der Waals surface area contributed by atoms with Crippen LogP contribution < -0.4 is 11.1 Å². The molecule has 88 valence electrons. The van der Waals surface area contributed by atoms with Gasteiger partial charge in [-0.25, -0.2) is 0 Å². The van der Waals surface area contributed by atoms with E-state index in [1.807, 2.05) is 13.0 Å². The Balaban J connectivity index is 2.59. The van der Waals surface area contributed by atoms with E-state index in [9.17, 15) is 4.79 Å². The maximum atomic E-state index is 11.5. The SMILES string of the molecule is CC(N)CCC(=O)Nc1cc(Br)ccc1Cl. The number of anilines is 1. The molecule has 1 unspecified atom stereocenters. The Morgan fingerprint density at radius 2 is 2.31 bits per heavy atom. The van der Waals surface area contributed by atoms with E-state index < -0.39 is 0 Å². The van der Waals surface area contributed by atoms with Crippen molar-refractivity contribution in [1.82, 2.24) is 0 Å². The summed E-state index contributed by atoms with van der Waals surface area (Å²) in [6.07, 6.45) is 1.07. The van der Waals surface area contributed by atoms with E-state index in [1.54, 1.807) is 12.1 Å². The molecule has 0 saturated carbocycles. The van der Waals surface area contributed by atoms with Gasteiger partial charge in [-0.05, 0) is 31.5 Å². The Labute approximate surface area is 108 Å². The van der Waals surface area contributed by atoms with Crippen LogP contribution in [0, 0.1) is 0 Å². The lowest BCUT2D eigenvalue weighted by Crippen LogP contribution is -2.19. The monoisotopic (exact) mass is 304 g/mol. The Morgan fingerprint density at radius 3 is 2.94 bits per heavy atom. The molecule has 0 heterocycles. The van der Waals surface area contributed by atoms with Gasteiger partial charge in [0.05, 0.1) is 10.7 Å². The molecule has 1 atom stereocenters. The molecule has 0 aromatic heterocycles. The maximum absolute atomic E-state index is 11.5. The largest absolute Gasteiger partial charge is 0.328 e. The van der Waals surface area contributed by atoms with E-state index >= 15 is 0 Å². The van der Waals surface area contributed by atoms with Crippen molar-refractivity contribution < 1.29 is 4.79 Å². The van der Waals surface area contributed by atoms with Gasteiger partial charge in [0, 0.05) is 16.9 Å². The lowest BCUT2D eigenvalue weighted by molar-refractivity contribution is -0.116. The molecule has 3 N–H and O–H groups in total. The van der Waals surface area contributed by atoms with E-state index in [4.69, 9.17) is 17.3 Å². The quantitative estimate of drug-likeness (QED) is 0.897. The second kappa shape index (κ2) is 6.23. The van der Waals surface area contributed by atoms with Crippen LogP contribution in [0.2, 0.25) is 5.02 Å². The third-order valence-electron chi connectivity index (χ3n) is 2.03. The molecule has 1 amide bonds. The fourth-order valence-electron chi connectivity index (χ4n) is 1.16. The van der Waals surface area contributed by atoms with E-state index in [0.29, 0.717) is 23.6 Å². The van der Waals surface area contributed by atoms with Gasteiger partial charge in [0.2, 0.25) is 5.91 Å². The Bertz CT molecular complexity index is 382. The second-order valence-corrected chi connectivity index (χ2v) is 5.01. The topological polar surface area (TPSA) is 55.1 Å². The number of rotatable bonds is 4. The van der Waals surface area contributed by atoms with Gasteiger partial charge in [-0.1, -0.05) is 27.5 Å². The van der Waals surface area contributed by atoms with Crippen LogP contribution in [0.25, 0.3) is 0 Å². The standard InChI is InChI=1S/C11H14BrClN2O/c1-7(14)2-5-11(16)15-10-6-8(12)3-4-9(10)13/h3-4,6-7H,2,5,14H2,1H3,(H,15,16). The van der Waals surface area contributed by atoms with Crippen LogP contribution in [0.4, 0.5) is 5.69 Å². The van der Waals surface area contributed by atoms with Crippen molar-refractivity contribution >= 4 is 39.1 Å². The van der Waals surface area contributed by atoms with E-state index in [1.165, 1.54) is 0 Å². The number of nitrogens with one attached hydrogen (secondary N) is 1. The number of hydrogen-bond acceptors (Lipinski definition) is 2. The highest BCUT2D eigenvalue weighted by Gasteiger charge is 2.07. The Morgan fingerprint density at radius 1 is 1.62 bits per heavy atom. The van der Waals surface area contributed by atoms with Crippen LogP contribution in [-0.2, 0) is 4.79 Å². The fourth-order valence-corrected chi connectivity index (χ4v) is 1.69. The zero-order valence-electron chi connectivity index (χ0n) is 8.97. The average molecular weight is 306 g/mol. The van der Waals surface area contributed by atoms with Gasteiger partial charge in [0.15, 0.2) is 0 Å². The summed E-state index contributed by atoms with van der Waals surface area (Å²) in [5.74, 6) is -0.0719. The van der Waals surface area contributed by atoms with Crippen molar-refractivity contribution in [3.8, 4) is 0 Å². The molecule has 0 spiro atoms. The first kappa shape index (κ1) is 13.5. The van der Waals surface area contributed by atoms with Crippen molar-refractivity contribution in [1.29, 1.82) is 0 Å². The molecule has 16 heavy (non-hydrogen) atoms. The van der Waals surface area contributed by atoms with Crippen LogP contribution >= 0.6 is 27.5 Å². The Kier molecular flexibility index (Phi) is 5.25. The maximum Gasteiger partial charge on any atom is 0.224 e. The summed E-state index contributed by atoms with van der Waals surface area (Å²) in [7, 11) is 0. The minimum Gasteiger partial charge on any atom is -0.328 e. The third-order valence-corrected chi connectivity index (χ3v) is 2.85. The zero-order chi connectivity index (χ0) is 12.1. The molecule has 1 aromatic carbocycles. The van der Waals surface area contributed by atoms with Crippen LogP contribution in [0.5, 0.6) is 0 Å². The molecule has 5 heteroatoms. The normalized spacial score (nSPS) is 12.2. The lowest BCUT2D eigenvalue weighted by Gasteiger charge is -2.08. The van der Waals surface area contributed by atoms with Crippen LogP contribution in [0.3, 0.4) is 0 Å². The van der Waals surface area contributed by atoms with Crippen molar-refractivity contribution in [2.45, 2.75) is 25.8 Å². The fraction of sp³-hybridized carbons (Fsp3) is 0.364. The number of nitrogens with two attached hydrogens (primary N) is 1. The van der Waals surface area contributed by atoms with Gasteiger partial charge in [0.1, 0.15) is 0 Å². The number of carbonyl (C=O) groups is 1. The molecular formula is C11H14BrClN2O. The highest BCUT2D eigenvalue weighted by Crippen LogP contribution is 2.25. The molecule has 1 rings (SSSR count). The number of hydrogen-bond donors (Lipinski definition) is 2. The number of benzene rings is 1. The first-order valence-electron chi connectivity index (χ1n) is 4.99. The van der Waals surface area contributed by atoms with E-state index in [-0.39, 0.29) is 11.9 Å². The van der Waals surface area contributed by atoms with Crippen molar-refractivity contribution in [3.63, 3.8) is 0 Å². The van der Waals surface area contributed by atoms with Gasteiger partial charge < -0.3 is 11.1 Å². The molecule has 1 aromatic rings. The molecule has 0 fully saturated rings. The molecule has 0 aliphatic rings. The van der Waals surface area contributed by atoms with Gasteiger partial charge in [-0.3, -0.25) is 4.79 Å². The molecule has 0 radical (unpaired) electrons. The van der Waals surface area contributed by atoms with Gasteiger partial charge in [-0.15, -0.1) is 0 Å². The highest BCUT2D eigenvalue weighted by molar-refractivity contribution is 9.10. The predicted octanol–water partition coefficient (Wildman–Crippen LogP) is 3.17. The summed E-state index contributed by atoms with van der Waals surface area (Å²) in [6, 6.07) is 5.35. The first-order valence-corrected chi connectivity index (χ1v) is 6.16. The number of amides is 1. The molecule has 0 saturated heterocycles. The Hall–Kier alpha value is -0.580. The van der Waals surface area contributed by atoms with Crippen molar-refractivity contribution in [2.75, 3.05) is 5.32 Å². The molecular weight excluding hydrogens is 291 g/mol. The summed E-state index contributed by atoms with van der Waals surface area (Å²) in [4.78, 5) is 11.5. The first-order chi connectivity index (χ1) is 7.49. The summed E-state index contributed by atoms with van der Waals surface area (Å²) in [5.41, 5.74) is 6.19. The van der Waals surface area contributed by atoms with Gasteiger partial charge in [-0.2, -0.15) is 0 Å². The number of halogens is 2. The smallest absolute Gasteiger partial charge is 0.224 e. The lowest BCUT2D eigenvalue weighted by atomic mass is 10.2. The average Bonchev–Trinajstić information content (AvgIpc) is 2.20. The van der Waals surface area contributed by atoms with Crippen LogP contribution in [0.15, 0.2) is 22.7 Å². The third kappa shape index (κ3) is 4.51. The predicted molar refractivity (Wildman–Crippen MR) is 70.7 cm³/mol. The minimum atomic E-state index is -0.0719. The molecule has 0 bridgehead atoms. The second-order valence-electron chi connectivity index (χ2n) is 3.69. The summed E-state index contributed by atoms with van der Waals surface area (Å²) in [5, 5.41) is 3.28. The molecule has 0 aliphatic heterocycles. The summed E-state index contributed by atoms with van der Waals surface area (Å²) in [6.45, 7) is 1.87. The van der Waals surface area contributed by atoms with Gasteiger partial charge >= 0.3 is 0 Å². The van der Waals surface area contributed by atoms with E-state index in [0.717, 1.165) is 4.47 Å². The van der Waals surface area contributed by atoms with Crippen LogP contribution in [0.1, 0.15) is 19.8 Å². The molecule has 3 nitrogen and oxygen atoms in total. The number of carbonyl (C=O) groups excluding carboxylic acids is 1. The highest BCUT2D eigenvalue weighted by atomic mass is 79.9. The van der Waals surface area contributed by atoms with Gasteiger partial charge in [0.25, 0.3) is 0 Å². The molecule has 0 aliphatic carbocycles. The summed E-state index contributed by atoms with van der Waals surface area (Å²) < 4.78 is 0.874. The van der Waals surface area contributed by atoms with Crippen molar-refractivity contribution in [2.24, 2.45) is 5.73 Å². The summed E-state index contributed by atoms with van der Waals surface area (Å²) >= 11 is 9.26. The zero-order valence-corrected chi connectivity index (χ0v) is 11.3. The van der Waals surface area contributed by atoms with Crippen molar-refractivity contribution in [3.05, 3.63) is 27.7 Å².